The van der Waals surface area contributed by atoms with E-state index in [-0.39, 0.29) is 17.9 Å². The fourth-order valence-corrected chi connectivity index (χ4v) is 5.86. The van der Waals surface area contributed by atoms with Gasteiger partial charge in [-0.25, -0.2) is 8.42 Å². The maximum atomic E-state index is 12.9. The van der Waals surface area contributed by atoms with Crippen LogP contribution in [0.4, 0.5) is 0 Å². The molecule has 1 unspecified atom stereocenters. The molecule has 0 bridgehead atoms. The minimum Gasteiger partial charge on any atom is -0.480 e. The third-order valence-corrected chi connectivity index (χ3v) is 7.95. The van der Waals surface area contributed by atoms with Crippen LogP contribution in [0, 0.1) is 5.92 Å². The molecule has 1 saturated heterocycles. The molecule has 8 heteroatoms. The lowest BCUT2D eigenvalue weighted by Crippen LogP contribution is -2.43. The fraction of sp³-hybridized carbons (Fsp3) is 0.688. The first-order valence-electron chi connectivity index (χ1n) is 8.13. The number of rotatable bonds is 6. The van der Waals surface area contributed by atoms with E-state index in [9.17, 15) is 13.2 Å². The Morgan fingerprint density at radius 1 is 1.42 bits per heavy atom. The lowest BCUT2D eigenvalue weighted by atomic mass is 9.95. The lowest BCUT2D eigenvalue weighted by molar-refractivity contribution is -0.136. The molecule has 136 valence electrons. The van der Waals surface area contributed by atoms with Gasteiger partial charge < -0.3 is 10.4 Å². The molecule has 6 nitrogen and oxygen atoms in total. The summed E-state index contributed by atoms with van der Waals surface area (Å²) in [7, 11) is -3.47. The molecule has 24 heavy (non-hydrogen) atoms. The summed E-state index contributed by atoms with van der Waals surface area (Å²) in [6.07, 6.45) is 1.71. The monoisotopic (exact) mass is 374 g/mol. The molecule has 2 N–H and O–H groups in total. The summed E-state index contributed by atoms with van der Waals surface area (Å²) in [5.41, 5.74) is -0.0659. The van der Waals surface area contributed by atoms with Gasteiger partial charge >= 0.3 is 5.97 Å². The molecule has 0 radical (unpaired) electrons. The highest BCUT2D eigenvalue weighted by Gasteiger charge is 2.32. The van der Waals surface area contributed by atoms with Crippen LogP contribution in [0.3, 0.4) is 0 Å². The average Bonchev–Trinajstić information content (AvgIpc) is 2.98. The highest BCUT2D eigenvalue weighted by atomic mass is 32.2. The SMILES string of the molecule is CC(C)(C)c1ccc(S(=O)(=O)N2CCCC(CNCC(=O)O)C2)s1. The topological polar surface area (TPSA) is 86.7 Å². The van der Waals surface area contributed by atoms with Gasteiger partial charge in [0.1, 0.15) is 4.21 Å². The Kier molecular flexibility index (Phi) is 6.06. The number of carboxylic acid groups (broad SMARTS) is 1. The van der Waals surface area contributed by atoms with Crippen LogP contribution in [-0.4, -0.2) is 50.0 Å². The third-order valence-electron chi connectivity index (χ3n) is 4.11. The van der Waals surface area contributed by atoms with Gasteiger partial charge in [0.25, 0.3) is 10.0 Å². The standard InChI is InChI=1S/C16H26N2O4S2/c1-16(2,3)13-6-7-15(23-13)24(21,22)18-8-4-5-12(11-18)9-17-10-14(19)20/h6-7,12,17H,4-5,8-11H2,1-3H3,(H,19,20). The molecule has 0 aliphatic carbocycles. The Morgan fingerprint density at radius 2 is 2.12 bits per heavy atom. The Hall–Kier alpha value is -0.960. The number of carbonyl (C=O) groups is 1. The Balaban J connectivity index is 2.05. The molecule has 1 fully saturated rings. The van der Waals surface area contributed by atoms with Crippen LogP contribution in [0.15, 0.2) is 16.3 Å². The Bertz CT molecular complexity index is 676. The summed E-state index contributed by atoms with van der Waals surface area (Å²) in [5.74, 6) is -0.751. The predicted octanol–water partition coefficient (Wildman–Crippen LogP) is 2.12. The van der Waals surface area contributed by atoms with Crippen LogP contribution in [-0.2, 0) is 20.2 Å². The molecule has 2 heterocycles. The minimum absolute atomic E-state index is 0.0659. The van der Waals surface area contributed by atoms with E-state index in [4.69, 9.17) is 5.11 Å². The number of thiophene rings is 1. The molecule has 1 atom stereocenters. The molecule has 0 amide bonds. The number of piperidine rings is 1. The van der Waals surface area contributed by atoms with Crippen molar-refractivity contribution in [3.05, 3.63) is 17.0 Å². The zero-order valence-electron chi connectivity index (χ0n) is 14.4. The van der Waals surface area contributed by atoms with Crippen LogP contribution >= 0.6 is 11.3 Å². The fourth-order valence-electron chi connectivity index (χ4n) is 2.78. The van der Waals surface area contributed by atoms with Crippen LogP contribution in [0.1, 0.15) is 38.5 Å². The summed E-state index contributed by atoms with van der Waals surface area (Å²) in [6, 6.07) is 3.60. The number of sulfonamides is 1. The number of nitrogens with one attached hydrogen (secondary N) is 1. The van der Waals surface area contributed by atoms with Crippen molar-refractivity contribution >= 4 is 27.3 Å². The third kappa shape index (κ3) is 4.78. The van der Waals surface area contributed by atoms with Crippen LogP contribution in [0.2, 0.25) is 0 Å². The molecule has 1 aromatic heterocycles. The first-order valence-corrected chi connectivity index (χ1v) is 10.4. The molecule has 0 saturated carbocycles. The van der Waals surface area contributed by atoms with Crippen molar-refractivity contribution in [1.82, 2.24) is 9.62 Å². The van der Waals surface area contributed by atoms with E-state index in [2.05, 4.69) is 26.1 Å². The van der Waals surface area contributed by atoms with Gasteiger partial charge in [-0.3, -0.25) is 4.79 Å². The average molecular weight is 375 g/mol. The van der Waals surface area contributed by atoms with Crippen molar-refractivity contribution in [3.8, 4) is 0 Å². The van der Waals surface area contributed by atoms with Crippen molar-refractivity contribution in [2.75, 3.05) is 26.2 Å². The van der Waals surface area contributed by atoms with E-state index >= 15 is 0 Å². The molecule has 0 spiro atoms. The van der Waals surface area contributed by atoms with E-state index in [1.807, 2.05) is 6.07 Å². The molecule has 2 rings (SSSR count). The van der Waals surface area contributed by atoms with Crippen molar-refractivity contribution < 1.29 is 18.3 Å². The minimum atomic E-state index is -3.47. The number of aliphatic carboxylic acids is 1. The van der Waals surface area contributed by atoms with Gasteiger partial charge in [-0.1, -0.05) is 20.8 Å². The molecular formula is C16H26N2O4S2. The van der Waals surface area contributed by atoms with Gasteiger partial charge in [0, 0.05) is 18.0 Å². The molecule has 0 aromatic carbocycles. The second-order valence-electron chi connectivity index (χ2n) is 7.26. The van der Waals surface area contributed by atoms with Crippen molar-refractivity contribution in [2.45, 2.75) is 43.2 Å². The summed E-state index contributed by atoms with van der Waals surface area (Å²) in [4.78, 5) is 11.6. The normalized spacial score (nSPS) is 20.2. The summed E-state index contributed by atoms with van der Waals surface area (Å²) in [5, 5.41) is 11.5. The van der Waals surface area contributed by atoms with E-state index in [0.717, 1.165) is 17.7 Å². The van der Waals surface area contributed by atoms with Gasteiger partial charge in [0.15, 0.2) is 0 Å². The van der Waals surface area contributed by atoms with E-state index in [1.165, 1.54) is 11.3 Å². The van der Waals surface area contributed by atoms with Gasteiger partial charge in [-0.05, 0) is 42.9 Å². The zero-order chi connectivity index (χ0) is 18.0. The Labute approximate surface area is 147 Å². The predicted molar refractivity (Wildman–Crippen MR) is 95.0 cm³/mol. The van der Waals surface area contributed by atoms with Crippen LogP contribution in [0.5, 0.6) is 0 Å². The number of hydrogen-bond donors (Lipinski definition) is 2. The zero-order valence-corrected chi connectivity index (χ0v) is 16.0. The first kappa shape index (κ1) is 19.4. The largest absolute Gasteiger partial charge is 0.480 e. The molecule has 1 aliphatic rings. The van der Waals surface area contributed by atoms with Crippen molar-refractivity contribution in [3.63, 3.8) is 0 Å². The maximum Gasteiger partial charge on any atom is 0.317 e. The van der Waals surface area contributed by atoms with Crippen LogP contribution < -0.4 is 5.32 Å². The highest BCUT2D eigenvalue weighted by molar-refractivity contribution is 7.91. The highest BCUT2D eigenvalue weighted by Crippen LogP contribution is 2.34. The second-order valence-corrected chi connectivity index (χ2v) is 10.5. The van der Waals surface area contributed by atoms with Gasteiger partial charge in [-0.15, -0.1) is 11.3 Å². The number of nitrogens with zero attached hydrogens (tertiary/aromatic N) is 1. The summed E-state index contributed by atoms with van der Waals surface area (Å²) >= 11 is 1.34. The van der Waals surface area contributed by atoms with Crippen LogP contribution in [0.25, 0.3) is 0 Å². The van der Waals surface area contributed by atoms with Crippen molar-refractivity contribution in [1.29, 1.82) is 0 Å². The van der Waals surface area contributed by atoms with Gasteiger partial charge in [0.05, 0.1) is 6.54 Å². The second kappa shape index (κ2) is 7.51. The van der Waals surface area contributed by atoms with E-state index in [1.54, 1.807) is 10.4 Å². The van der Waals surface area contributed by atoms with Gasteiger partial charge in [0.2, 0.25) is 0 Å². The van der Waals surface area contributed by atoms with Gasteiger partial charge in [-0.2, -0.15) is 4.31 Å². The van der Waals surface area contributed by atoms with E-state index < -0.39 is 16.0 Å². The quantitative estimate of drug-likeness (QED) is 0.796. The maximum absolute atomic E-state index is 12.9. The molecular weight excluding hydrogens is 348 g/mol. The lowest BCUT2D eigenvalue weighted by Gasteiger charge is -2.31. The first-order chi connectivity index (χ1) is 11.1. The molecule has 1 aromatic rings. The summed E-state index contributed by atoms with van der Waals surface area (Å²) in [6.45, 7) is 7.61. The smallest absolute Gasteiger partial charge is 0.317 e. The van der Waals surface area contributed by atoms with E-state index in [0.29, 0.717) is 23.8 Å². The Morgan fingerprint density at radius 3 is 2.71 bits per heavy atom. The number of carboxylic acids is 1. The molecule has 1 aliphatic heterocycles. The summed E-state index contributed by atoms with van der Waals surface area (Å²) < 4.78 is 27.7. The van der Waals surface area contributed by atoms with Crippen molar-refractivity contribution in [2.24, 2.45) is 5.92 Å². The number of hydrogen-bond acceptors (Lipinski definition) is 5.